The van der Waals surface area contributed by atoms with Crippen molar-refractivity contribution in [2.45, 2.75) is 49.8 Å². The molecule has 0 unspecified atom stereocenters. The van der Waals surface area contributed by atoms with Gasteiger partial charge in [-0.1, -0.05) is 31.0 Å². The minimum atomic E-state index is -0.157. The molecule has 1 fully saturated rings. The Bertz CT molecular complexity index is 818. The molecule has 1 N–H and O–H groups in total. The van der Waals surface area contributed by atoms with Crippen LogP contribution in [0.4, 0.5) is 0 Å². The summed E-state index contributed by atoms with van der Waals surface area (Å²) < 4.78 is 6.66. The average molecular weight is 376 g/mol. The predicted octanol–water partition coefficient (Wildman–Crippen LogP) is 1.98. The summed E-state index contributed by atoms with van der Waals surface area (Å²) in [5.74, 6) is 0.212. The van der Waals surface area contributed by atoms with E-state index in [0.29, 0.717) is 29.3 Å². The molecule has 1 aliphatic carbocycles. The fourth-order valence-corrected chi connectivity index (χ4v) is 4.00. The van der Waals surface area contributed by atoms with Crippen LogP contribution in [0, 0.1) is 0 Å². The number of rotatable bonds is 7. The molecular weight excluding hydrogens is 352 g/mol. The quantitative estimate of drug-likeness (QED) is 0.587. The maximum absolute atomic E-state index is 12.7. The minimum absolute atomic E-state index is 0.0180. The lowest BCUT2D eigenvalue weighted by atomic mass is 9.95. The van der Waals surface area contributed by atoms with Crippen molar-refractivity contribution in [2.24, 2.45) is 0 Å². The molecule has 0 spiro atoms. The van der Waals surface area contributed by atoms with Crippen LogP contribution in [0.3, 0.4) is 0 Å². The molecule has 0 atom stereocenters. The van der Waals surface area contributed by atoms with Crippen LogP contribution in [0.15, 0.2) is 28.3 Å². The van der Waals surface area contributed by atoms with Crippen molar-refractivity contribution in [3.05, 3.63) is 28.7 Å². The van der Waals surface area contributed by atoms with Crippen LogP contribution < -0.4 is 10.9 Å². The van der Waals surface area contributed by atoms with Crippen LogP contribution >= 0.6 is 11.8 Å². The lowest BCUT2D eigenvalue weighted by Gasteiger charge is -2.22. The standard InChI is InChI=1S/C18H24N4O3S/c1-25-11-10-22-17(24)14-8-5-9-19-16(14)21-18(22)26-12-15(23)20-13-6-3-2-4-7-13/h5,8-9,13H,2-4,6-7,10-12H2,1H3,(H,20,23). The lowest BCUT2D eigenvalue weighted by molar-refractivity contribution is -0.119. The Morgan fingerprint density at radius 2 is 2.19 bits per heavy atom. The minimum Gasteiger partial charge on any atom is -0.383 e. The highest BCUT2D eigenvalue weighted by molar-refractivity contribution is 7.99. The topological polar surface area (TPSA) is 86.1 Å². The van der Waals surface area contributed by atoms with Crippen LogP contribution in [-0.4, -0.2) is 46.0 Å². The van der Waals surface area contributed by atoms with Gasteiger partial charge in [0, 0.05) is 19.3 Å². The van der Waals surface area contributed by atoms with Gasteiger partial charge < -0.3 is 10.1 Å². The van der Waals surface area contributed by atoms with Crippen LogP contribution in [0.25, 0.3) is 11.0 Å². The van der Waals surface area contributed by atoms with Crippen molar-refractivity contribution in [3.8, 4) is 0 Å². The molecule has 3 rings (SSSR count). The first-order valence-corrected chi connectivity index (χ1v) is 9.94. The number of methoxy groups -OCH3 is 1. The Morgan fingerprint density at radius 3 is 2.96 bits per heavy atom. The molecule has 2 aromatic heterocycles. The summed E-state index contributed by atoms with van der Waals surface area (Å²) in [5, 5.41) is 4.06. The zero-order chi connectivity index (χ0) is 18.4. The van der Waals surface area contributed by atoms with E-state index < -0.39 is 0 Å². The first-order valence-electron chi connectivity index (χ1n) is 8.95. The number of pyridine rings is 1. The third-order valence-corrected chi connectivity index (χ3v) is 5.49. The predicted molar refractivity (Wildman–Crippen MR) is 101 cm³/mol. The summed E-state index contributed by atoms with van der Waals surface area (Å²) in [6.45, 7) is 0.787. The Hall–Kier alpha value is -1.93. The van der Waals surface area contributed by atoms with Crippen LogP contribution in [0.1, 0.15) is 32.1 Å². The molecule has 26 heavy (non-hydrogen) atoms. The van der Waals surface area contributed by atoms with Gasteiger partial charge in [0.05, 0.1) is 24.3 Å². The zero-order valence-corrected chi connectivity index (χ0v) is 15.8. The third-order valence-electron chi connectivity index (χ3n) is 4.52. The van der Waals surface area contributed by atoms with E-state index in [1.54, 1.807) is 30.0 Å². The summed E-state index contributed by atoms with van der Waals surface area (Å²) >= 11 is 1.27. The number of fused-ring (bicyclic) bond motifs is 1. The highest BCUT2D eigenvalue weighted by Gasteiger charge is 2.17. The van der Waals surface area contributed by atoms with Gasteiger partial charge in [-0.3, -0.25) is 14.2 Å². The Balaban J connectivity index is 1.74. The Labute approximate surface area is 156 Å². The van der Waals surface area contributed by atoms with Gasteiger partial charge >= 0.3 is 0 Å². The molecular formula is C18H24N4O3S. The van der Waals surface area contributed by atoms with E-state index in [1.165, 1.54) is 31.0 Å². The number of nitrogens with zero attached hydrogens (tertiary/aromatic N) is 3. The van der Waals surface area contributed by atoms with E-state index >= 15 is 0 Å². The first-order chi connectivity index (χ1) is 12.7. The highest BCUT2D eigenvalue weighted by atomic mass is 32.2. The van der Waals surface area contributed by atoms with Crippen molar-refractivity contribution in [3.63, 3.8) is 0 Å². The van der Waals surface area contributed by atoms with Gasteiger partial charge in [-0.2, -0.15) is 0 Å². The lowest BCUT2D eigenvalue weighted by Crippen LogP contribution is -2.37. The van der Waals surface area contributed by atoms with E-state index in [9.17, 15) is 9.59 Å². The molecule has 0 aliphatic heterocycles. The summed E-state index contributed by atoms with van der Waals surface area (Å²) in [5.41, 5.74) is 0.247. The largest absolute Gasteiger partial charge is 0.383 e. The number of hydrogen-bond donors (Lipinski definition) is 1. The Kier molecular flexibility index (Phi) is 6.62. The van der Waals surface area contributed by atoms with E-state index in [1.807, 2.05) is 0 Å². The monoisotopic (exact) mass is 376 g/mol. The smallest absolute Gasteiger partial charge is 0.263 e. The number of hydrogen-bond acceptors (Lipinski definition) is 6. The second-order valence-corrected chi connectivity index (χ2v) is 7.35. The molecule has 7 nitrogen and oxygen atoms in total. The summed E-state index contributed by atoms with van der Waals surface area (Å²) in [4.78, 5) is 33.7. The number of carbonyl (C=O) groups excluding carboxylic acids is 1. The van der Waals surface area contributed by atoms with E-state index in [0.717, 1.165) is 12.8 Å². The van der Waals surface area contributed by atoms with Gasteiger partial charge in [0.25, 0.3) is 5.56 Å². The SMILES string of the molecule is COCCn1c(SCC(=O)NC2CCCCC2)nc2ncccc2c1=O. The van der Waals surface area contributed by atoms with Crippen LogP contribution in [0.2, 0.25) is 0 Å². The van der Waals surface area contributed by atoms with E-state index in [2.05, 4.69) is 15.3 Å². The molecule has 0 bridgehead atoms. The highest BCUT2D eigenvalue weighted by Crippen LogP contribution is 2.19. The van der Waals surface area contributed by atoms with Crippen molar-refractivity contribution >= 4 is 28.7 Å². The molecule has 0 radical (unpaired) electrons. The number of carbonyl (C=O) groups is 1. The molecule has 2 heterocycles. The van der Waals surface area contributed by atoms with Gasteiger partial charge in [0.15, 0.2) is 10.8 Å². The van der Waals surface area contributed by atoms with Crippen molar-refractivity contribution in [2.75, 3.05) is 19.5 Å². The average Bonchev–Trinajstić information content (AvgIpc) is 2.67. The van der Waals surface area contributed by atoms with Gasteiger partial charge in [-0.05, 0) is 25.0 Å². The Morgan fingerprint density at radius 1 is 1.38 bits per heavy atom. The van der Waals surface area contributed by atoms with Gasteiger partial charge in [0.1, 0.15) is 0 Å². The normalized spacial score (nSPS) is 15.3. The fourth-order valence-electron chi connectivity index (χ4n) is 3.17. The molecule has 0 aromatic carbocycles. The van der Waals surface area contributed by atoms with Crippen molar-refractivity contribution in [1.29, 1.82) is 0 Å². The van der Waals surface area contributed by atoms with Crippen LogP contribution in [-0.2, 0) is 16.1 Å². The number of thioether (sulfide) groups is 1. The number of nitrogens with one attached hydrogen (secondary N) is 1. The van der Waals surface area contributed by atoms with Crippen molar-refractivity contribution < 1.29 is 9.53 Å². The van der Waals surface area contributed by atoms with Gasteiger partial charge in [-0.25, -0.2) is 9.97 Å². The summed E-state index contributed by atoms with van der Waals surface area (Å²) in [7, 11) is 1.59. The molecule has 1 amide bonds. The number of aromatic nitrogens is 3. The second-order valence-electron chi connectivity index (χ2n) is 6.41. The molecule has 2 aromatic rings. The number of amides is 1. The molecule has 0 saturated heterocycles. The van der Waals surface area contributed by atoms with Crippen LogP contribution in [0.5, 0.6) is 0 Å². The molecule has 8 heteroatoms. The summed E-state index contributed by atoms with van der Waals surface area (Å²) in [6.07, 6.45) is 7.30. The van der Waals surface area contributed by atoms with Gasteiger partial charge in [-0.15, -0.1) is 0 Å². The maximum atomic E-state index is 12.7. The van der Waals surface area contributed by atoms with Crippen molar-refractivity contribution in [1.82, 2.24) is 19.9 Å². The molecule has 1 saturated carbocycles. The van der Waals surface area contributed by atoms with E-state index in [4.69, 9.17) is 4.74 Å². The summed E-state index contributed by atoms with van der Waals surface area (Å²) in [6, 6.07) is 3.71. The zero-order valence-electron chi connectivity index (χ0n) is 14.9. The third kappa shape index (κ3) is 4.62. The fraction of sp³-hybridized carbons (Fsp3) is 0.556. The number of ether oxygens (including phenoxy) is 1. The van der Waals surface area contributed by atoms with E-state index in [-0.39, 0.29) is 23.3 Å². The maximum Gasteiger partial charge on any atom is 0.263 e. The van der Waals surface area contributed by atoms with Gasteiger partial charge in [0.2, 0.25) is 5.91 Å². The molecule has 1 aliphatic rings. The molecule has 140 valence electrons. The second kappa shape index (κ2) is 9.14. The first kappa shape index (κ1) is 18.8.